The number of nitrogens with one attached hydrogen (secondary N) is 1. The summed E-state index contributed by atoms with van der Waals surface area (Å²) in [5, 5.41) is 2.54. The summed E-state index contributed by atoms with van der Waals surface area (Å²) in [7, 11) is 1.48. The first-order valence-corrected chi connectivity index (χ1v) is 3.25. The van der Waals surface area contributed by atoms with Crippen molar-refractivity contribution in [3.8, 4) is 0 Å². The second-order valence-corrected chi connectivity index (χ2v) is 2.31. The lowest BCUT2D eigenvalue weighted by Gasteiger charge is -2.02. The minimum atomic E-state index is -0.295. The predicted molar refractivity (Wildman–Crippen MR) is 35.4 cm³/mol. The average Bonchev–Trinajstić information content (AvgIpc) is 2.17. The number of nitrogens with zero attached hydrogens (tertiary/aromatic N) is 1. The second-order valence-electron chi connectivity index (χ2n) is 2.31. The molecule has 0 spiro atoms. The Morgan fingerprint density at radius 1 is 1.60 bits per heavy atom. The van der Waals surface area contributed by atoms with E-state index in [1.165, 1.54) is 7.05 Å². The van der Waals surface area contributed by atoms with Gasteiger partial charge >= 0.3 is 6.03 Å². The zero-order valence-electron chi connectivity index (χ0n) is 6.05. The summed E-state index contributed by atoms with van der Waals surface area (Å²) in [6.45, 7) is 1.86. The normalized spacial score (nSPS) is 25.4. The standard InChI is InChI=1S/C6H10N2O2/c1-3-4-5(9)8(2)6(10)7-4/h4H,3H2,1-2H3,(H,7,10). The Labute approximate surface area is 59.2 Å². The van der Waals surface area contributed by atoms with E-state index >= 15 is 0 Å². The van der Waals surface area contributed by atoms with Crippen LogP contribution in [0.3, 0.4) is 0 Å². The molecule has 1 unspecified atom stereocenters. The summed E-state index contributed by atoms with van der Waals surface area (Å²) in [5.41, 5.74) is 0. The van der Waals surface area contributed by atoms with Crippen molar-refractivity contribution in [2.45, 2.75) is 19.4 Å². The smallest absolute Gasteiger partial charge is 0.324 e. The number of carbonyl (C=O) groups excluding carboxylic acids is 2. The molecular weight excluding hydrogens is 132 g/mol. The lowest BCUT2D eigenvalue weighted by Crippen LogP contribution is -2.27. The molecule has 0 aliphatic carbocycles. The van der Waals surface area contributed by atoms with E-state index in [1.807, 2.05) is 6.92 Å². The third-order valence-electron chi connectivity index (χ3n) is 1.64. The number of likely N-dealkylation sites (N-methyl/N-ethyl adjacent to an activating group) is 1. The molecule has 1 atom stereocenters. The van der Waals surface area contributed by atoms with Gasteiger partial charge in [0.05, 0.1) is 0 Å². The van der Waals surface area contributed by atoms with E-state index in [2.05, 4.69) is 5.32 Å². The van der Waals surface area contributed by atoms with Gasteiger partial charge in [-0.05, 0) is 6.42 Å². The molecule has 0 aromatic carbocycles. The van der Waals surface area contributed by atoms with Crippen molar-refractivity contribution in [3.63, 3.8) is 0 Å². The Bertz CT molecular complexity index is 179. The van der Waals surface area contributed by atoms with Crippen molar-refractivity contribution in [2.75, 3.05) is 7.05 Å². The van der Waals surface area contributed by atoms with Crippen LogP contribution in [0.2, 0.25) is 0 Å². The van der Waals surface area contributed by atoms with Gasteiger partial charge in [0, 0.05) is 7.05 Å². The molecule has 1 rings (SSSR count). The Kier molecular flexibility index (Phi) is 1.61. The van der Waals surface area contributed by atoms with Gasteiger partial charge in [-0.25, -0.2) is 4.79 Å². The highest BCUT2D eigenvalue weighted by Crippen LogP contribution is 2.05. The van der Waals surface area contributed by atoms with Crippen molar-refractivity contribution >= 4 is 11.9 Å². The number of hydrogen-bond donors (Lipinski definition) is 1. The van der Waals surface area contributed by atoms with Crippen LogP contribution in [-0.4, -0.2) is 29.9 Å². The van der Waals surface area contributed by atoms with Crippen molar-refractivity contribution < 1.29 is 9.59 Å². The maximum Gasteiger partial charge on any atom is 0.324 e. The molecule has 0 bridgehead atoms. The molecule has 10 heavy (non-hydrogen) atoms. The van der Waals surface area contributed by atoms with E-state index in [0.29, 0.717) is 6.42 Å². The van der Waals surface area contributed by atoms with E-state index in [4.69, 9.17) is 0 Å². The molecule has 56 valence electrons. The first-order chi connectivity index (χ1) is 4.66. The summed E-state index contributed by atoms with van der Waals surface area (Å²) in [5.74, 6) is -0.132. The molecule has 1 saturated heterocycles. The first kappa shape index (κ1) is 7.05. The zero-order chi connectivity index (χ0) is 7.72. The summed E-state index contributed by atoms with van der Waals surface area (Å²) in [6, 6.07) is -0.589. The van der Waals surface area contributed by atoms with Gasteiger partial charge < -0.3 is 5.32 Å². The number of rotatable bonds is 1. The van der Waals surface area contributed by atoms with Gasteiger partial charge in [0.1, 0.15) is 6.04 Å². The minimum Gasteiger partial charge on any atom is -0.326 e. The molecule has 4 heteroatoms. The topological polar surface area (TPSA) is 49.4 Å². The van der Waals surface area contributed by atoms with Crippen LogP contribution < -0.4 is 5.32 Å². The van der Waals surface area contributed by atoms with Crippen LogP contribution in [0.4, 0.5) is 4.79 Å². The molecule has 3 amide bonds. The summed E-state index contributed by atoms with van der Waals surface area (Å²) < 4.78 is 0. The van der Waals surface area contributed by atoms with Gasteiger partial charge in [0.25, 0.3) is 5.91 Å². The molecule has 1 aliphatic heterocycles. The molecule has 1 heterocycles. The molecule has 0 aromatic heterocycles. The van der Waals surface area contributed by atoms with Crippen LogP contribution in [0.15, 0.2) is 0 Å². The van der Waals surface area contributed by atoms with E-state index in [-0.39, 0.29) is 18.0 Å². The fraction of sp³-hybridized carbons (Fsp3) is 0.667. The van der Waals surface area contributed by atoms with Crippen molar-refractivity contribution in [3.05, 3.63) is 0 Å². The fourth-order valence-corrected chi connectivity index (χ4v) is 0.918. The average molecular weight is 142 g/mol. The Balaban J connectivity index is 2.71. The van der Waals surface area contributed by atoms with Crippen molar-refractivity contribution in [2.24, 2.45) is 0 Å². The maximum atomic E-state index is 11.0. The van der Waals surface area contributed by atoms with Crippen molar-refractivity contribution in [1.82, 2.24) is 10.2 Å². The quantitative estimate of drug-likeness (QED) is 0.522. The summed E-state index contributed by atoms with van der Waals surface area (Å²) in [6.07, 6.45) is 0.662. The zero-order valence-corrected chi connectivity index (χ0v) is 6.05. The SMILES string of the molecule is CCC1NC(=O)N(C)C1=O. The first-order valence-electron chi connectivity index (χ1n) is 3.25. The molecule has 1 aliphatic rings. The van der Waals surface area contributed by atoms with Gasteiger partial charge in [-0.2, -0.15) is 0 Å². The van der Waals surface area contributed by atoms with Gasteiger partial charge in [-0.1, -0.05) is 6.92 Å². The van der Waals surface area contributed by atoms with Crippen LogP contribution in [0, 0.1) is 0 Å². The molecule has 0 radical (unpaired) electrons. The lowest BCUT2D eigenvalue weighted by atomic mass is 10.2. The maximum absolute atomic E-state index is 11.0. The summed E-state index contributed by atoms with van der Waals surface area (Å²) in [4.78, 5) is 22.8. The molecule has 0 aromatic rings. The lowest BCUT2D eigenvalue weighted by molar-refractivity contribution is -0.126. The van der Waals surface area contributed by atoms with Crippen LogP contribution >= 0.6 is 0 Å². The van der Waals surface area contributed by atoms with E-state index < -0.39 is 0 Å². The largest absolute Gasteiger partial charge is 0.326 e. The molecular formula is C6H10N2O2. The summed E-state index contributed by atoms with van der Waals surface area (Å²) >= 11 is 0. The Morgan fingerprint density at radius 2 is 2.20 bits per heavy atom. The Hall–Kier alpha value is -1.06. The molecule has 1 N–H and O–H groups in total. The van der Waals surface area contributed by atoms with Crippen LogP contribution in [0.1, 0.15) is 13.3 Å². The highest BCUT2D eigenvalue weighted by Gasteiger charge is 2.33. The second kappa shape index (κ2) is 2.28. The third-order valence-corrected chi connectivity index (χ3v) is 1.64. The van der Waals surface area contributed by atoms with Gasteiger partial charge in [-0.3, -0.25) is 9.69 Å². The Morgan fingerprint density at radius 3 is 2.40 bits per heavy atom. The number of carbonyl (C=O) groups is 2. The van der Waals surface area contributed by atoms with Crippen LogP contribution in [-0.2, 0) is 4.79 Å². The monoisotopic (exact) mass is 142 g/mol. The van der Waals surface area contributed by atoms with E-state index in [1.54, 1.807) is 0 Å². The highest BCUT2D eigenvalue weighted by molar-refractivity contribution is 6.03. The number of urea groups is 1. The number of hydrogen-bond acceptors (Lipinski definition) is 2. The number of amides is 3. The van der Waals surface area contributed by atoms with Gasteiger partial charge in [-0.15, -0.1) is 0 Å². The van der Waals surface area contributed by atoms with Crippen LogP contribution in [0.25, 0.3) is 0 Å². The molecule has 0 saturated carbocycles. The van der Waals surface area contributed by atoms with E-state index in [9.17, 15) is 9.59 Å². The fourth-order valence-electron chi connectivity index (χ4n) is 0.918. The predicted octanol–water partition coefficient (Wildman–Crippen LogP) is -0.0534. The number of imide groups is 1. The van der Waals surface area contributed by atoms with E-state index in [0.717, 1.165) is 4.90 Å². The molecule has 4 nitrogen and oxygen atoms in total. The molecule has 1 fully saturated rings. The third kappa shape index (κ3) is 0.853. The highest BCUT2D eigenvalue weighted by atomic mass is 16.2. The van der Waals surface area contributed by atoms with Gasteiger partial charge in [0.2, 0.25) is 0 Å². The van der Waals surface area contributed by atoms with Gasteiger partial charge in [0.15, 0.2) is 0 Å². The minimum absolute atomic E-state index is 0.132. The van der Waals surface area contributed by atoms with Crippen LogP contribution in [0.5, 0.6) is 0 Å². The van der Waals surface area contributed by atoms with Crippen molar-refractivity contribution in [1.29, 1.82) is 0 Å².